The Bertz CT molecular complexity index is 479. The Morgan fingerprint density at radius 2 is 1.03 bits per heavy atom. The monoisotopic (exact) mass is 422 g/mol. The van der Waals surface area contributed by atoms with E-state index in [0.29, 0.717) is 11.8 Å². The molecule has 3 heteroatoms. The fraction of sp³-hybridized carbons (Fsp3) is 0.889. The maximum absolute atomic E-state index is 13.4. The topological polar surface area (TPSA) is 37.3 Å². The first kappa shape index (κ1) is 25.4. The molecule has 0 atom stereocenters. The zero-order valence-electron chi connectivity index (χ0n) is 19.4. The molecule has 0 aromatic rings. The summed E-state index contributed by atoms with van der Waals surface area (Å²) in [5.74, 6) is -0.659. The van der Waals surface area contributed by atoms with E-state index in [0.717, 1.165) is 32.1 Å². The summed E-state index contributed by atoms with van der Waals surface area (Å²) in [6.07, 6.45) is 30.8. The summed E-state index contributed by atoms with van der Waals surface area (Å²) in [7, 11) is 0. The lowest BCUT2D eigenvalue weighted by Crippen LogP contribution is -2.63. The maximum atomic E-state index is 13.4. The third-order valence-electron chi connectivity index (χ3n) is 7.24. The Morgan fingerprint density at radius 1 is 0.667 bits per heavy atom. The number of aliphatic carboxylic acids is 1. The predicted molar refractivity (Wildman–Crippen MR) is 125 cm³/mol. The molecule has 2 nitrogen and oxygen atoms in total. The molecule has 3 aliphatic rings. The van der Waals surface area contributed by atoms with Gasteiger partial charge < -0.3 is 5.11 Å². The molecule has 0 amide bonds. The predicted octanol–water partition coefficient (Wildman–Crippen LogP) is 8.93. The highest BCUT2D eigenvalue weighted by Gasteiger charge is 2.67. The molecule has 3 aliphatic carbocycles. The van der Waals surface area contributed by atoms with Gasteiger partial charge in [0.15, 0.2) is 0 Å². The molecule has 3 rings (SSSR count). The lowest BCUT2D eigenvalue weighted by atomic mass is 9.42. The largest absolute Gasteiger partial charge is 0.481 e. The van der Waals surface area contributed by atoms with Crippen molar-refractivity contribution in [3.63, 3.8) is 0 Å². The molecule has 30 heavy (non-hydrogen) atoms. The van der Waals surface area contributed by atoms with Crippen LogP contribution in [0.3, 0.4) is 0 Å². The fourth-order valence-electron chi connectivity index (χ4n) is 5.44. The van der Waals surface area contributed by atoms with Crippen molar-refractivity contribution in [2.75, 3.05) is 0 Å². The molecule has 0 aromatic carbocycles. The first-order chi connectivity index (χ1) is 14.5. The van der Waals surface area contributed by atoms with E-state index >= 15 is 0 Å². The summed E-state index contributed by atoms with van der Waals surface area (Å²) in [6, 6.07) is 0. The van der Waals surface area contributed by atoms with Crippen molar-refractivity contribution in [1.29, 1.82) is 0 Å². The van der Waals surface area contributed by atoms with E-state index in [2.05, 4.69) is 12.2 Å². The van der Waals surface area contributed by atoms with Crippen LogP contribution in [0.1, 0.15) is 141 Å². The van der Waals surface area contributed by atoms with E-state index < -0.39 is 11.6 Å². The van der Waals surface area contributed by atoms with E-state index in [1.807, 2.05) is 0 Å². The molecule has 3 saturated carbocycles. The van der Waals surface area contributed by atoms with Crippen LogP contribution in [0.15, 0.2) is 12.2 Å². The molecule has 0 spiro atoms. The summed E-state index contributed by atoms with van der Waals surface area (Å²) >= 11 is 0. The molecule has 2 bridgehead atoms. The molecule has 174 valence electrons. The first-order valence-electron chi connectivity index (χ1n) is 13.1. The normalized spacial score (nSPS) is 24.7. The van der Waals surface area contributed by atoms with Crippen molar-refractivity contribution in [2.45, 2.75) is 147 Å². The Hall–Kier alpha value is -0.860. The number of hydrogen-bond acceptors (Lipinski definition) is 1. The number of carboxylic acid groups (broad SMARTS) is 1. The van der Waals surface area contributed by atoms with Crippen molar-refractivity contribution in [1.82, 2.24) is 0 Å². The summed E-state index contributed by atoms with van der Waals surface area (Å²) in [5.41, 5.74) is -0.462. The smallest absolute Gasteiger partial charge is 0.303 e. The van der Waals surface area contributed by atoms with Gasteiger partial charge in [0.2, 0.25) is 0 Å². The number of halogens is 1. The molecule has 1 N–H and O–H groups in total. The third-order valence-corrected chi connectivity index (χ3v) is 7.24. The Balaban J connectivity index is 1.19. The van der Waals surface area contributed by atoms with Crippen LogP contribution in [0.2, 0.25) is 0 Å². The minimum Gasteiger partial charge on any atom is -0.481 e. The highest BCUT2D eigenvalue weighted by atomic mass is 19.1. The Morgan fingerprint density at radius 3 is 1.40 bits per heavy atom. The molecule has 0 aliphatic heterocycles. The fourth-order valence-corrected chi connectivity index (χ4v) is 5.44. The van der Waals surface area contributed by atoms with E-state index in [9.17, 15) is 9.18 Å². The van der Waals surface area contributed by atoms with Gasteiger partial charge in [0, 0.05) is 6.42 Å². The number of alkyl halides is 1. The van der Waals surface area contributed by atoms with Crippen LogP contribution in [0.25, 0.3) is 0 Å². The minimum atomic E-state index is -0.753. The summed E-state index contributed by atoms with van der Waals surface area (Å²) < 4.78 is 13.4. The van der Waals surface area contributed by atoms with Crippen molar-refractivity contribution < 1.29 is 14.3 Å². The Kier molecular flexibility index (Phi) is 12.1. The van der Waals surface area contributed by atoms with Crippen molar-refractivity contribution in [3.8, 4) is 0 Å². The highest BCUT2D eigenvalue weighted by Crippen LogP contribution is 2.70. The molecule has 0 aromatic heterocycles. The standard InChI is InChI=1S/C27H47FO2/c28-27-22-26(23-27,24-27)21-19-17-15-13-11-9-7-5-3-1-2-4-6-8-10-12-14-16-18-20-25(29)30/h19,21H,1-18,20,22-24H2,(H,29,30)/b21-19+. The molecule has 0 heterocycles. The molecule has 3 fully saturated rings. The van der Waals surface area contributed by atoms with Crippen LogP contribution in [0, 0.1) is 5.41 Å². The van der Waals surface area contributed by atoms with Crippen LogP contribution in [0.4, 0.5) is 4.39 Å². The SMILES string of the molecule is O=C(O)CCCCCCCCCCCCCCCCCCC/C=C/C12CC(F)(C1)C2. The lowest BCUT2D eigenvalue weighted by molar-refractivity contribution is -0.182. The van der Waals surface area contributed by atoms with Gasteiger partial charge in [0.1, 0.15) is 5.67 Å². The number of hydrogen-bond donors (Lipinski definition) is 1. The quantitative estimate of drug-likeness (QED) is 0.148. The van der Waals surface area contributed by atoms with Gasteiger partial charge in [0.05, 0.1) is 0 Å². The highest BCUT2D eigenvalue weighted by molar-refractivity contribution is 5.66. The van der Waals surface area contributed by atoms with Crippen molar-refractivity contribution in [2.24, 2.45) is 5.41 Å². The molecule has 0 radical (unpaired) electrons. The zero-order chi connectivity index (χ0) is 21.5. The summed E-state index contributed by atoms with van der Waals surface area (Å²) in [4.78, 5) is 10.4. The lowest BCUT2D eigenvalue weighted by Gasteiger charge is -2.64. The van der Waals surface area contributed by atoms with Gasteiger partial charge in [-0.05, 0) is 43.9 Å². The average Bonchev–Trinajstić information content (AvgIpc) is 2.66. The van der Waals surface area contributed by atoms with Gasteiger partial charge in [-0.1, -0.05) is 108 Å². The first-order valence-corrected chi connectivity index (χ1v) is 13.1. The summed E-state index contributed by atoms with van der Waals surface area (Å²) in [6.45, 7) is 0. The van der Waals surface area contributed by atoms with Gasteiger partial charge in [0.25, 0.3) is 0 Å². The van der Waals surface area contributed by atoms with Crippen LogP contribution >= 0.6 is 0 Å². The summed E-state index contributed by atoms with van der Waals surface area (Å²) in [5, 5.41) is 8.59. The number of allylic oxidation sites excluding steroid dienone is 2. The van der Waals surface area contributed by atoms with E-state index in [-0.39, 0.29) is 0 Å². The number of unbranched alkanes of at least 4 members (excludes halogenated alkanes) is 17. The van der Waals surface area contributed by atoms with Gasteiger partial charge in [-0.15, -0.1) is 0 Å². The van der Waals surface area contributed by atoms with E-state index in [1.165, 1.54) is 103 Å². The second-order valence-corrected chi connectivity index (χ2v) is 10.4. The number of rotatable bonds is 21. The Labute approximate surface area is 185 Å². The van der Waals surface area contributed by atoms with Crippen molar-refractivity contribution >= 4 is 5.97 Å². The van der Waals surface area contributed by atoms with E-state index in [4.69, 9.17) is 5.11 Å². The molecular weight excluding hydrogens is 375 g/mol. The number of carbonyl (C=O) groups is 1. The van der Waals surface area contributed by atoms with Crippen LogP contribution in [-0.4, -0.2) is 16.7 Å². The minimum absolute atomic E-state index is 0.291. The molecular formula is C27H47FO2. The van der Waals surface area contributed by atoms with Gasteiger partial charge in [-0.2, -0.15) is 0 Å². The van der Waals surface area contributed by atoms with Crippen LogP contribution < -0.4 is 0 Å². The van der Waals surface area contributed by atoms with Crippen LogP contribution in [0.5, 0.6) is 0 Å². The number of carboxylic acids is 1. The second-order valence-electron chi connectivity index (χ2n) is 10.4. The molecule has 0 saturated heterocycles. The van der Waals surface area contributed by atoms with Gasteiger partial charge in [-0.3, -0.25) is 4.79 Å². The zero-order valence-corrected chi connectivity index (χ0v) is 19.4. The molecule has 0 unspecified atom stereocenters. The van der Waals surface area contributed by atoms with Crippen LogP contribution in [-0.2, 0) is 4.79 Å². The average molecular weight is 423 g/mol. The maximum Gasteiger partial charge on any atom is 0.303 e. The van der Waals surface area contributed by atoms with E-state index in [1.54, 1.807) is 0 Å². The van der Waals surface area contributed by atoms with Crippen molar-refractivity contribution in [3.05, 3.63) is 12.2 Å². The third kappa shape index (κ3) is 10.4. The van der Waals surface area contributed by atoms with Gasteiger partial charge in [-0.25, -0.2) is 4.39 Å². The second kappa shape index (κ2) is 14.2. The van der Waals surface area contributed by atoms with Gasteiger partial charge >= 0.3 is 5.97 Å².